The van der Waals surface area contributed by atoms with Gasteiger partial charge in [-0.15, -0.1) is 0 Å². The van der Waals surface area contributed by atoms with Crippen LogP contribution in [-0.4, -0.2) is 36.1 Å². The van der Waals surface area contributed by atoms with E-state index in [1.54, 1.807) is 4.68 Å². The van der Waals surface area contributed by atoms with Gasteiger partial charge in [0.2, 0.25) is 0 Å². The molecular formula is C13H16N4O. The number of aromatic nitrogens is 2. The monoisotopic (exact) mass is 244 g/mol. The first-order valence-electron chi connectivity index (χ1n) is 6.08. The summed E-state index contributed by atoms with van der Waals surface area (Å²) in [7, 11) is 0. The van der Waals surface area contributed by atoms with Gasteiger partial charge in [0.15, 0.2) is 5.82 Å². The smallest absolute Gasteiger partial charge is 0.150 e. The van der Waals surface area contributed by atoms with Crippen LogP contribution in [0.5, 0.6) is 0 Å². The standard InChI is InChI=1S/C13H16N4O/c14-13-12(16-6-8-18-9-7-16)10-15-17(13)11-4-2-1-3-5-11/h1-5,10H,6-9,14H2. The third kappa shape index (κ3) is 1.93. The van der Waals surface area contributed by atoms with Crippen molar-refractivity contribution < 1.29 is 4.74 Å². The summed E-state index contributed by atoms with van der Waals surface area (Å²) in [5.74, 6) is 0.683. The first-order valence-corrected chi connectivity index (χ1v) is 6.08. The van der Waals surface area contributed by atoms with Crippen molar-refractivity contribution in [1.29, 1.82) is 0 Å². The van der Waals surface area contributed by atoms with Gasteiger partial charge in [0.05, 0.1) is 25.1 Å². The highest BCUT2D eigenvalue weighted by Crippen LogP contribution is 2.25. The Morgan fingerprint density at radius 1 is 1.11 bits per heavy atom. The van der Waals surface area contributed by atoms with Gasteiger partial charge < -0.3 is 15.4 Å². The Morgan fingerprint density at radius 2 is 1.83 bits per heavy atom. The SMILES string of the molecule is Nc1c(N2CCOCC2)cnn1-c1ccccc1. The Bertz CT molecular complexity index is 517. The number of nitrogens with two attached hydrogens (primary N) is 1. The summed E-state index contributed by atoms with van der Waals surface area (Å²) in [6.07, 6.45) is 1.83. The molecule has 3 rings (SSSR count). The first-order chi connectivity index (χ1) is 8.86. The molecule has 2 aromatic rings. The van der Waals surface area contributed by atoms with E-state index in [0.717, 1.165) is 37.7 Å². The van der Waals surface area contributed by atoms with Crippen LogP contribution < -0.4 is 10.6 Å². The van der Waals surface area contributed by atoms with Gasteiger partial charge in [0, 0.05) is 13.1 Å². The van der Waals surface area contributed by atoms with Gasteiger partial charge in [-0.3, -0.25) is 0 Å². The molecule has 0 saturated carbocycles. The highest BCUT2D eigenvalue weighted by atomic mass is 16.5. The van der Waals surface area contributed by atoms with Crippen LogP contribution in [0, 0.1) is 0 Å². The van der Waals surface area contributed by atoms with Crippen LogP contribution in [0.2, 0.25) is 0 Å². The number of benzene rings is 1. The molecule has 1 aliphatic rings. The Kier molecular flexibility index (Phi) is 2.90. The lowest BCUT2D eigenvalue weighted by Gasteiger charge is -2.27. The molecule has 2 N–H and O–H groups in total. The molecule has 94 valence electrons. The molecule has 0 spiro atoms. The lowest BCUT2D eigenvalue weighted by atomic mass is 10.3. The van der Waals surface area contributed by atoms with E-state index in [0.29, 0.717) is 5.82 Å². The molecule has 5 nitrogen and oxygen atoms in total. The van der Waals surface area contributed by atoms with E-state index in [-0.39, 0.29) is 0 Å². The highest BCUT2D eigenvalue weighted by Gasteiger charge is 2.17. The molecule has 0 bridgehead atoms. The Hall–Kier alpha value is -2.01. The molecule has 0 aliphatic carbocycles. The van der Waals surface area contributed by atoms with Gasteiger partial charge in [0.25, 0.3) is 0 Å². The van der Waals surface area contributed by atoms with Gasteiger partial charge in [-0.05, 0) is 12.1 Å². The van der Waals surface area contributed by atoms with Crippen LogP contribution in [0.4, 0.5) is 11.5 Å². The van der Waals surface area contributed by atoms with E-state index in [2.05, 4.69) is 10.00 Å². The lowest BCUT2D eigenvalue weighted by Crippen LogP contribution is -2.36. The summed E-state index contributed by atoms with van der Waals surface area (Å²) in [6.45, 7) is 3.22. The van der Waals surface area contributed by atoms with E-state index in [1.165, 1.54) is 0 Å². The third-order valence-electron chi connectivity index (χ3n) is 3.14. The van der Waals surface area contributed by atoms with Crippen LogP contribution in [0.3, 0.4) is 0 Å². The van der Waals surface area contributed by atoms with Crippen molar-refractivity contribution in [3.8, 4) is 5.69 Å². The van der Waals surface area contributed by atoms with Crippen molar-refractivity contribution in [3.63, 3.8) is 0 Å². The maximum Gasteiger partial charge on any atom is 0.150 e. The quantitative estimate of drug-likeness (QED) is 0.865. The molecule has 1 saturated heterocycles. The predicted molar refractivity (Wildman–Crippen MR) is 71.0 cm³/mol. The average molecular weight is 244 g/mol. The predicted octanol–water partition coefficient (Wildman–Crippen LogP) is 1.29. The van der Waals surface area contributed by atoms with Gasteiger partial charge in [-0.1, -0.05) is 18.2 Å². The highest BCUT2D eigenvalue weighted by molar-refractivity contribution is 5.65. The van der Waals surface area contributed by atoms with E-state index < -0.39 is 0 Å². The van der Waals surface area contributed by atoms with Crippen molar-refractivity contribution in [2.24, 2.45) is 0 Å². The fraction of sp³-hybridized carbons (Fsp3) is 0.308. The lowest BCUT2D eigenvalue weighted by molar-refractivity contribution is 0.123. The van der Waals surface area contributed by atoms with Crippen molar-refractivity contribution in [3.05, 3.63) is 36.5 Å². The topological polar surface area (TPSA) is 56.3 Å². The number of ether oxygens (including phenoxy) is 1. The summed E-state index contributed by atoms with van der Waals surface area (Å²) in [4.78, 5) is 2.21. The molecule has 0 atom stereocenters. The van der Waals surface area contributed by atoms with E-state index >= 15 is 0 Å². The number of rotatable bonds is 2. The van der Waals surface area contributed by atoms with E-state index in [9.17, 15) is 0 Å². The van der Waals surface area contributed by atoms with Gasteiger partial charge in [0.1, 0.15) is 5.69 Å². The summed E-state index contributed by atoms with van der Waals surface area (Å²) >= 11 is 0. The number of morpholine rings is 1. The van der Waals surface area contributed by atoms with Gasteiger partial charge in [-0.2, -0.15) is 5.10 Å². The fourth-order valence-electron chi connectivity index (χ4n) is 2.17. The molecule has 1 aromatic heterocycles. The minimum Gasteiger partial charge on any atom is -0.382 e. The van der Waals surface area contributed by atoms with Gasteiger partial charge in [-0.25, -0.2) is 4.68 Å². The Morgan fingerprint density at radius 3 is 2.56 bits per heavy atom. The number of nitrogen functional groups attached to an aromatic ring is 1. The zero-order valence-electron chi connectivity index (χ0n) is 10.1. The van der Waals surface area contributed by atoms with Crippen LogP contribution in [0.1, 0.15) is 0 Å². The molecule has 0 unspecified atom stereocenters. The molecule has 1 aliphatic heterocycles. The number of nitrogens with zero attached hydrogens (tertiary/aromatic N) is 3. The number of para-hydroxylation sites is 1. The van der Waals surface area contributed by atoms with Crippen molar-refractivity contribution >= 4 is 11.5 Å². The molecule has 5 heteroatoms. The molecule has 0 amide bonds. The molecule has 18 heavy (non-hydrogen) atoms. The zero-order chi connectivity index (χ0) is 12.4. The molecular weight excluding hydrogens is 228 g/mol. The molecule has 1 aromatic carbocycles. The first kappa shape index (κ1) is 11.1. The molecule has 0 radical (unpaired) electrons. The van der Waals surface area contributed by atoms with Crippen LogP contribution in [-0.2, 0) is 4.74 Å². The van der Waals surface area contributed by atoms with Crippen molar-refractivity contribution in [2.45, 2.75) is 0 Å². The van der Waals surface area contributed by atoms with Crippen molar-refractivity contribution in [2.75, 3.05) is 36.9 Å². The number of hydrogen-bond donors (Lipinski definition) is 1. The second-order valence-corrected chi connectivity index (χ2v) is 4.26. The molecule has 1 fully saturated rings. The minimum absolute atomic E-state index is 0.683. The average Bonchev–Trinajstić information content (AvgIpc) is 2.83. The third-order valence-corrected chi connectivity index (χ3v) is 3.14. The maximum absolute atomic E-state index is 6.18. The summed E-state index contributed by atoms with van der Waals surface area (Å²) < 4.78 is 7.11. The van der Waals surface area contributed by atoms with E-state index in [4.69, 9.17) is 10.5 Å². The summed E-state index contributed by atoms with van der Waals surface area (Å²) in [6, 6.07) is 9.92. The second-order valence-electron chi connectivity index (χ2n) is 4.26. The van der Waals surface area contributed by atoms with E-state index in [1.807, 2.05) is 36.5 Å². The van der Waals surface area contributed by atoms with Crippen molar-refractivity contribution in [1.82, 2.24) is 9.78 Å². The molecule has 2 heterocycles. The van der Waals surface area contributed by atoms with Crippen LogP contribution in [0.15, 0.2) is 36.5 Å². The normalized spacial score (nSPS) is 15.9. The fourth-order valence-corrected chi connectivity index (χ4v) is 2.17. The summed E-state index contributed by atoms with van der Waals surface area (Å²) in [5, 5.41) is 4.37. The Labute approximate surface area is 106 Å². The Balaban J connectivity index is 1.92. The second kappa shape index (κ2) is 4.70. The zero-order valence-corrected chi connectivity index (χ0v) is 10.1. The minimum atomic E-state index is 0.683. The van der Waals surface area contributed by atoms with Crippen LogP contribution in [0.25, 0.3) is 5.69 Å². The van der Waals surface area contributed by atoms with Crippen LogP contribution >= 0.6 is 0 Å². The largest absolute Gasteiger partial charge is 0.382 e. The summed E-state index contributed by atoms with van der Waals surface area (Å²) in [5.41, 5.74) is 8.15. The number of anilines is 2. The van der Waals surface area contributed by atoms with Gasteiger partial charge >= 0.3 is 0 Å². The number of hydrogen-bond acceptors (Lipinski definition) is 4. The maximum atomic E-state index is 6.18.